The van der Waals surface area contributed by atoms with Crippen LogP contribution in [0.1, 0.15) is 26.7 Å². The molecular weight excluding hydrogens is 252 g/mol. The summed E-state index contributed by atoms with van der Waals surface area (Å²) >= 11 is 0. The molecule has 1 aliphatic heterocycles. The van der Waals surface area contributed by atoms with Crippen LogP contribution in [0, 0.1) is 0 Å². The van der Waals surface area contributed by atoms with Crippen LogP contribution in [0.15, 0.2) is 0 Å². The van der Waals surface area contributed by atoms with E-state index in [2.05, 4.69) is 36.0 Å². The van der Waals surface area contributed by atoms with Gasteiger partial charge in [0.25, 0.3) is 0 Å². The number of nitrogens with one attached hydrogen (secondary N) is 1. The monoisotopic (exact) mass is 284 g/mol. The van der Waals surface area contributed by atoms with Crippen molar-refractivity contribution >= 4 is 5.91 Å². The standard InChI is InChI=1S/C15H32N4O/c1-13(2)18(5)11-8-16-14-6-9-19(10-7-14)12-15(20)17(3)4/h13-14,16H,6-12H2,1-5H3. The largest absolute Gasteiger partial charge is 0.348 e. The molecule has 0 aliphatic carbocycles. The predicted molar refractivity (Wildman–Crippen MR) is 83.9 cm³/mol. The van der Waals surface area contributed by atoms with Crippen molar-refractivity contribution in [3.63, 3.8) is 0 Å². The average molecular weight is 284 g/mol. The number of carbonyl (C=O) groups excluding carboxylic acids is 1. The molecule has 118 valence electrons. The Morgan fingerprint density at radius 3 is 2.35 bits per heavy atom. The average Bonchev–Trinajstić information content (AvgIpc) is 2.40. The number of hydrogen-bond acceptors (Lipinski definition) is 4. The van der Waals surface area contributed by atoms with Gasteiger partial charge in [-0.25, -0.2) is 0 Å². The molecule has 5 nitrogen and oxygen atoms in total. The SMILES string of the molecule is CC(C)N(C)CCNC1CCN(CC(=O)N(C)C)CC1. The van der Waals surface area contributed by atoms with Crippen molar-refractivity contribution in [2.45, 2.75) is 38.8 Å². The van der Waals surface area contributed by atoms with E-state index >= 15 is 0 Å². The first-order valence-electron chi connectivity index (χ1n) is 7.76. The Bertz CT molecular complexity index is 286. The third-order valence-electron chi connectivity index (χ3n) is 4.22. The number of likely N-dealkylation sites (N-methyl/N-ethyl adjacent to an activating group) is 2. The molecule has 1 saturated heterocycles. The Hall–Kier alpha value is -0.650. The zero-order chi connectivity index (χ0) is 15.1. The van der Waals surface area contributed by atoms with Gasteiger partial charge in [-0.2, -0.15) is 0 Å². The summed E-state index contributed by atoms with van der Waals surface area (Å²) in [4.78, 5) is 18.0. The lowest BCUT2D eigenvalue weighted by atomic mass is 10.1. The summed E-state index contributed by atoms with van der Waals surface area (Å²) in [5.41, 5.74) is 0. The third-order valence-corrected chi connectivity index (χ3v) is 4.22. The Kier molecular flexibility index (Phi) is 7.48. The Balaban J connectivity index is 2.14. The van der Waals surface area contributed by atoms with Gasteiger partial charge < -0.3 is 15.1 Å². The van der Waals surface area contributed by atoms with E-state index in [4.69, 9.17) is 0 Å². The molecule has 0 bridgehead atoms. The molecule has 0 aromatic heterocycles. The fraction of sp³-hybridized carbons (Fsp3) is 0.933. The zero-order valence-electron chi connectivity index (χ0n) is 13.9. The minimum Gasteiger partial charge on any atom is -0.348 e. The van der Waals surface area contributed by atoms with E-state index in [1.165, 1.54) is 0 Å². The molecule has 0 aromatic carbocycles. The normalized spacial score (nSPS) is 17.9. The van der Waals surface area contributed by atoms with Gasteiger partial charge in [-0.15, -0.1) is 0 Å². The first-order valence-corrected chi connectivity index (χ1v) is 7.76. The topological polar surface area (TPSA) is 38.8 Å². The molecule has 0 spiro atoms. The number of likely N-dealkylation sites (tertiary alicyclic amines) is 1. The summed E-state index contributed by atoms with van der Waals surface area (Å²) in [6, 6.07) is 1.22. The van der Waals surface area contributed by atoms with Gasteiger partial charge in [-0.3, -0.25) is 9.69 Å². The van der Waals surface area contributed by atoms with Gasteiger partial charge in [0, 0.05) is 52.4 Å². The van der Waals surface area contributed by atoms with Crippen molar-refractivity contribution in [3.05, 3.63) is 0 Å². The summed E-state index contributed by atoms with van der Waals surface area (Å²) in [7, 11) is 5.81. The van der Waals surface area contributed by atoms with E-state index in [0.29, 0.717) is 18.6 Å². The molecule has 0 unspecified atom stereocenters. The second-order valence-electron chi connectivity index (χ2n) is 6.37. The van der Waals surface area contributed by atoms with Gasteiger partial charge in [0.1, 0.15) is 0 Å². The number of carbonyl (C=O) groups is 1. The summed E-state index contributed by atoms with van der Waals surface area (Å²) in [6.07, 6.45) is 2.29. The smallest absolute Gasteiger partial charge is 0.236 e. The van der Waals surface area contributed by atoms with Crippen LogP contribution in [0.2, 0.25) is 0 Å². The van der Waals surface area contributed by atoms with Crippen LogP contribution in [0.5, 0.6) is 0 Å². The van der Waals surface area contributed by atoms with Crippen molar-refractivity contribution in [1.82, 2.24) is 20.0 Å². The maximum Gasteiger partial charge on any atom is 0.236 e. The second kappa shape index (κ2) is 8.60. The molecule has 1 amide bonds. The molecular formula is C15H32N4O. The maximum absolute atomic E-state index is 11.7. The van der Waals surface area contributed by atoms with E-state index < -0.39 is 0 Å². The van der Waals surface area contributed by atoms with Gasteiger partial charge in [-0.05, 0) is 33.7 Å². The number of piperidine rings is 1. The maximum atomic E-state index is 11.7. The third kappa shape index (κ3) is 6.20. The van der Waals surface area contributed by atoms with Crippen molar-refractivity contribution in [1.29, 1.82) is 0 Å². The highest BCUT2D eigenvalue weighted by molar-refractivity contribution is 5.77. The molecule has 1 rings (SSSR count). The molecule has 5 heteroatoms. The van der Waals surface area contributed by atoms with E-state index in [-0.39, 0.29) is 5.91 Å². The van der Waals surface area contributed by atoms with E-state index in [1.54, 1.807) is 4.90 Å². The first-order chi connectivity index (χ1) is 9.40. The number of hydrogen-bond donors (Lipinski definition) is 1. The lowest BCUT2D eigenvalue weighted by molar-refractivity contribution is -0.130. The minimum atomic E-state index is 0.204. The van der Waals surface area contributed by atoms with Gasteiger partial charge >= 0.3 is 0 Å². The second-order valence-corrected chi connectivity index (χ2v) is 6.37. The summed E-state index contributed by atoms with van der Waals surface area (Å²) in [5, 5.41) is 3.64. The molecule has 1 N–H and O–H groups in total. The highest BCUT2D eigenvalue weighted by Crippen LogP contribution is 2.10. The Morgan fingerprint density at radius 2 is 1.85 bits per heavy atom. The Labute approximate surface area is 124 Å². The first kappa shape index (κ1) is 17.4. The molecule has 0 radical (unpaired) electrons. The number of amides is 1. The number of nitrogens with zero attached hydrogens (tertiary/aromatic N) is 3. The molecule has 0 saturated carbocycles. The van der Waals surface area contributed by atoms with Gasteiger partial charge in [0.2, 0.25) is 5.91 Å². The fourth-order valence-corrected chi connectivity index (χ4v) is 2.33. The molecule has 0 aromatic rings. The minimum absolute atomic E-state index is 0.204. The van der Waals surface area contributed by atoms with Crippen LogP contribution in [0.3, 0.4) is 0 Å². The molecule has 1 fully saturated rings. The van der Waals surface area contributed by atoms with Crippen LogP contribution in [-0.4, -0.2) is 86.6 Å². The van der Waals surface area contributed by atoms with Gasteiger partial charge in [-0.1, -0.05) is 0 Å². The van der Waals surface area contributed by atoms with Gasteiger partial charge in [0.05, 0.1) is 6.54 Å². The number of rotatable bonds is 7. The molecule has 20 heavy (non-hydrogen) atoms. The van der Waals surface area contributed by atoms with Crippen LogP contribution >= 0.6 is 0 Å². The van der Waals surface area contributed by atoms with Crippen LogP contribution in [0.4, 0.5) is 0 Å². The highest BCUT2D eigenvalue weighted by Gasteiger charge is 2.20. The Morgan fingerprint density at radius 1 is 1.25 bits per heavy atom. The van der Waals surface area contributed by atoms with E-state index in [1.807, 2.05) is 14.1 Å². The van der Waals surface area contributed by atoms with Crippen LogP contribution in [0.25, 0.3) is 0 Å². The van der Waals surface area contributed by atoms with Crippen molar-refractivity contribution in [2.24, 2.45) is 0 Å². The van der Waals surface area contributed by atoms with Crippen LogP contribution < -0.4 is 5.32 Å². The quantitative estimate of drug-likeness (QED) is 0.738. The summed E-state index contributed by atoms with van der Waals surface area (Å²) in [6.45, 7) is 9.21. The van der Waals surface area contributed by atoms with Crippen molar-refractivity contribution in [2.75, 3.05) is 53.9 Å². The van der Waals surface area contributed by atoms with E-state index in [9.17, 15) is 4.79 Å². The highest BCUT2D eigenvalue weighted by atomic mass is 16.2. The lowest BCUT2D eigenvalue weighted by Crippen LogP contribution is -2.47. The molecule has 0 atom stereocenters. The summed E-state index contributed by atoms with van der Waals surface area (Å²) in [5.74, 6) is 0.204. The molecule has 1 heterocycles. The van der Waals surface area contributed by atoms with Crippen molar-refractivity contribution < 1.29 is 4.79 Å². The fourth-order valence-electron chi connectivity index (χ4n) is 2.33. The van der Waals surface area contributed by atoms with Gasteiger partial charge in [0.15, 0.2) is 0 Å². The lowest BCUT2D eigenvalue weighted by Gasteiger charge is -2.33. The summed E-state index contributed by atoms with van der Waals surface area (Å²) < 4.78 is 0. The van der Waals surface area contributed by atoms with Crippen LogP contribution in [-0.2, 0) is 4.79 Å². The zero-order valence-corrected chi connectivity index (χ0v) is 13.9. The van der Waals surface area contributed by atoms with E-state index in [0.717, 1.165) is 39.0 Å². The van der Waals surface area contributed by atoms with Crippen molar-refractivity contribution in [3.8, 4) is 0 Å². The predicted octanol–water partition coefficient (Wildman–Crippen LogP) is 0.469. The molecule has 1 aliphatic rings.